The molecule has 0 amide bonds. The summed E-state index contributed by atoms with van der Waals surface area (Å²) in [6.45, 7) is 2.11. The second-order valence-electron chi connectivity index (χ2n) is 7.56. The van der Waals surface area contributed by atoms with Crippen LogP contribution in [0.4, 0.5) is 5.69 Å². The predicted molar refractivity (Wildman–Crippen MR) is 122 cm³/mol. The Morgan fingerprint density at radius 2 is 1.61 bits per heavy atom. The summed E-state index contributed by atoms with van der Waals surface area (Å²) in [5.41, 5.74) is 4.23. The maximum Gasteiger partial charge on any atom is 0.236 e. The van der Waals surface area contributed by atoms with Gasteiger partial charge in [-0.1, -0.05) is 53.2 Å². The summed E-state index contributed by atoms with van der Waals surface area (Å²) in [5, 5.41) is 4.41. The van der Waals surface area contributed by atoms with Gasteiger partial charge in [0.1, 0.15) is 17.3 Å². The lowest BCUT2D eigenvalue weighted by molar-refractivity contribution is -0.526. The van der Waals surface area contributed by atoms with Crippen molar-refractivity contribution in [2.75, 3.05) is 0 Å². The highest BCUT2D eigenvalue weighted by Gasteiger charge is 2.22. The van der Waals surface area contributed by atoms with Crippen LogP contribution in [-0.2, 0) is 7.05 Å². The fraction of sp³-hybridized carbons (Fsp3) is 0.115. The van der Waals surface area contributed by atoms with E-state index in [2.05, 4.69) is 45.9 Å². The number of benzene rings is 3. The number of hydrogen-bond donors (Lipinski definition) is 0. The number of rotatable bonds is 5. The lowest BCUT2D eigenvalue weighted by atomic mass is 10.1. The van der Waals surface area contributed by atoms with Gasteiger partial charge in [0, 0.05) is 31.7 Å². The molecule has 1 aromatic heterocycles. The average molecular weight is 407 g/mol. The smallest absolute Gasteiger partial charge is 0.236 e. The summed E-state index contributed by atoms with van der Waals surface area (Å²) in [6.07, 6.45) is 5.81. The fourth-order valence-electron chi connectivity index (χ4n) is 3.80. The topological polar surface area (TPSA) is 42.4 Å². The van der Waals surface area contributed by atoms with E-state index in [1.54, 1.807) is 0 Å². The van der Waals surface area contributed by atoms with Crippen molar-refractivity contribution < 1.29 is 9.43 Å². The second kappa shape index (κ2) is 8.03. The van der Waals surface area contributed by atoms with Crippen molar-refractivity contribution in [2.45, 2.75) is 13.0 Å². The Morgan fingerprint density at radius 3 is 2.39 bits per heavy atom. The standard InChI is InChI=1S/C26H23N4O/c1-19-14-15-28-30(19)22-11-7-13-24(17-22)31-23-12-6-10-21(16-23)26-27-18-25(29(26)2)20-8-4-3-5-9-20/h3-19H,1-2H3/q+1. The molecule has 4 aromatic rings. The Labute approximate surface area is 181 Å². The second-order valence-corrected chi connectivity index (χ2v) is 7.56. The third kappa shape index (κ3) is 3.78. The maximum atomic E-state index is 6.18. The summed E-state index contributed by atoms with van der Waals surface area (Å²) < 4.78 is 10.3. The largest absolute Gasteiger partial charge is 0.457 e. The fourth-order valence-corrected chi connectivity index (χ4v) is 3.80. The van der Waals surface area contributed by atoms with Gasteiger partial charge in [0.25, 0.3) is 0 Å². The highest BCUT2D eigenvalue weighted by molar-refractivity contribution is 5.66. The molecule has 0 N–H and O–H groups in total. The average Bonchev–Trinajstić information content (AvgIpc) is 3.40. The molecule has 0 saturated carbocycles. The Bertz CT molecular complexity index is 1290. The molecule has 1 atom stereocenters. The number of hydrogen-bond acceptors (Lipinski definition) is 3. The van der Waals surface area contributed by atoms with E-state index in [1.165, 1.54) is 0 Å². The van der Waals surface area contributed by atoms with E-state index in [9.17, 15) is 0 Å². The molecule has 5 nitrogen and oxygen atoms in total. The third-order valence-electron chi connectivity index (χ3n) is 5.41. The molecule has 0 radical (unpaired) electrons. The van der Waals surface area contributed by atoms with Gasteiger partial charge in [-0.3, -0.25) is 0 Å². The number of aromatic nitrogens is 2. The first-order valence-electron chi connectivity index (χ1n) is 10.3. The summed E-state index contributed by atoms with van der Waals surface area (Å²) in [5.74, 6) is 2.44. The van der Waals surface area contributed by atoms with E-state index < -0.39 is 0 Å². The molecule has 1 aliphatic rings. The van der Waals surface area contributed by atoms with Gasteiger partial charge in [0.05, 0.1) is 24.2 Å². The lowest BCUT2D eigenvalue weighted by Crippen LogP contribution is -2.10. The van der Waals surface area contributed by atoms with Crippen LogP contribution < -0.4 is 4.74 Å². The minimum Gasteiger partial charge on any atom is -0.457 e. The van der Waals surface area contributed by atoms with Crippen LogP contribution in [0.5, 0.6) is 11.5 Å². The zero-order valence-electron chi connectivity index (χ0n) is 17.5. The van der Waals surface area contributed by atoms with Crippen molar-refractivity contribution in [2.24, 2.45) is 12.2 Å². The first kappa shape index (κ1) is 19.0. The van der Waals surface area contributed by atoms with E-state index in [0.29, 0.717) is 0 Å². The number of azo groups is 2. The minimum absolute atomic E-state index is 0.237. The van der Waals surface area contributed by atoms with Gasteiger partial charge in [-0.15, -0.1) is 0 Å². The van der Waals surface area contributed by atoms with Crippen molar-refractivity contribution in [3.05, 3.63) is 97.3 Å². The van der Waals surface area contributed by atoms with Crippen molar-refractivity contribution >= 4 is 5.69 Å². The van der Waals surface area contributed by atoms with Crippen LogP contribution in [0.2, 0.25) is 0 Å². The molecule has 0 saturated heterocycles. The first-order chi connectivity index (χ1) is 15.2. The Hall–Kier alpha value is -3.99. The van der Waals surface area contributed by atoms with Crippen LogP contribution in [0, 0.1) is 0 Å². The van der Waals surface area contributed by atoms with Crippen LogP contribution >= 0.6 is 0 Å². The maximum absolute atomic E-state index is 6.18. The number of ether oxygens (including phenoxy) is 1. The molecule has 5 rings (SSSR count). The zero-order chi connectivity index (χ0) is 21.2. The van der Waals surface area contributed by atoms with E-state index >= 15 is 0 Å². The van der Waals surface area contributed by atoms with Gasteiger partial charge in [-0.2, -0.15) is 0 Å². The molecular weight excluding hydrogens is 384 g/mol. The van der Waals surface area contributed by atoms with Gasteiger partial charge in [-0.25, -0.2) is 4.98 Å². The van der Waals surface area contributed by atoms with Crippen LogP contribution in [0.15, 0.2) is 102 Å². The molecule has 0 spiro atoms. The number of nitrogens with zero attached hydrogens (tertiary/aromatic N) is 4. The molecule has 2 heterocycles. The van der Waals surface area contributed by atoms with Crippen molar-refractivity contribution in [3.8, 4) is 34.1 Å². The van der Waals surface area contributed by atoms with Gasteiger partial charge < -0.3 is 9.30 Å². The van der Waals surface area contributed by atoms with Crippen molar-refractivity contribution in [1.82, 2.24) is 9.55 Å². The van der Waals surface area contributed by atoms with Crippen molar-refractivity contribution in [3.63, 3.8) is 0 Å². The summed E-state index contributed by atoms with van der Waals surface area (Å²) >= 11 is 0. The Morgan fingerprint density at radius 1 is 0.871 bits per heavy atom. The first-order valence-corrected chi connectivity index (χ1v) is 10.3. The van der Waals surface area contributed by atoms with Gasteiger partial charge in [-0.05, 0) is 28.9 Å². The minimum atomic E-state index is 0.237. The SMILES string of the molecule is CC1C=CN=[N+]1c1cccc(Oc2cccc(-c3ncc(-c4ccccc4)n3C)c2)c1. The van der Waals surface area contributed by atoms with E-state index in [0.717, 1.165) is 39.8 Å². The van der Waals surface area contributed by atoms with E-state index in [4.69, 9.17) is 4.74 Å². The molecular formula is C26H23N4O+. The van der Waals surface area contributed by atoms with Crippen LogP contribution in [-0.4, -0.2) is 20.3 Å². The quantitative estimate of drug-likeness (QED) is 0.352. The highest BCUT2D eigenvalue weighted by Crippen LogP contribution is 2.31. The predicted octanol–water partition coefficient (Wildman–Crippen LogP) is 6.56. The molecule has 152 valence electrons. The Balaban J connectivity index is 1.42. The van der Waals surface area contributed by atoms with Gasteiger partial charge in [0.2, 0.25) is 11.7 Å². The summed E-state index contributed by atoms with van der Waals surface area (Å²) in [6, 6.07) is 26.5. The van der Waals surface area contributed by atoms with Crippen LogP contribution in [0.25, 0.3) is 22.6 Å². The summed E-state index contributed by atoms with van der Waals surface area (Å²) in [7, 11) is 2.04. The molecule has 5 heteroatoms. The molecule has 0 bridgehead atoms. The molecule has 31 heavy (non-hydrogen) atoms. The molecule has 0 aliphatic carbocycles. The third-order valence-corrected chi connectivity index (χ3v) is 5.41. The van der Waals surface area contributed by atoms with E-state index in [1.807, 2.05) is 84.8 Å². The molecule has 1 aliphatic heterocycles. The normalized spacial score (nSPS) is 15.2. The summed E-state index contributed by atoms with van der Waals surface area (Å²) in [4.78, 5) is 4.67. The monoisotopic (exact) mass is 407 g/mol. The Kier molecular flexibility index (Phi) is 4.92. The van der Waals surface area contributed by atoms with Gasteiger partial charge in [0.15, 0.2) is 0 Å². The van der Waals surface area contributed by atoms with Gasteiger partial charge >= 0.3 is 0 Å². The lowest BCUT2D eigenvalue weighted by Gasteiger charge is -2.10. The molecule has 3 aromatic carbocycles. The highest BCUT2D eigenvalue weighted by atomic mass is 16.5. The van der Waals surface area contributed by atoms with Crippen LogP contribution in [0.1, 0.15) is 6.92 Å². The molecule has 0 fully saturated rings. The van der Waals surface area contributed by atoms with Crippen molar-refractivity contribution in [1.29, 1.82) is 0 Å². The van der Waals surface area contributed by atoms with Crippen LogP contribution in [0.3, 0.4) is 0 Å². The zero-order valence-corrected chi connectivity index (χ0v) is 17.5. The molecule has 1 unspecified atom stereocenters. The van der Waals surface area contributed by atoms with E-state index in [-0.39, 0.29) is 6.04 Å². The number of imidazole rings is 1.